The van der Waals surface area contributed by atoms with E-state index in [1.165, 1.54) is 0 Å². The van der Waals surface area contributed by atoms with Gasteiger partial charge in [0, 0.05) is 12.2 Å². The summed E-state index contributed by atoms with van der Waals surface area (Å²) in [5.74, 6) is 1.41. The molecule has 0 aromatic carbocycles. The molecule has 2 heterocycles. The maximum Gasteiger partial charge on any atom is 0.415 e. The van der Waals surface area contributed by atoms with Crippen LogP contribution < -0.4 is 10.2 Å². The van der Waals surface area contributed by atoms with Crippen molar-refractivity contribution in [3.8, 4) is 0 Å². The zero-order valence-corrected chi connectivity index (χ0v) is 14.3. The highest BCUT2D eigenvalue weighted by atomic mass is 16.6. The smallest absolute Gasteiger partial charge is 0.415 e. The van der Waals surface area contributed by atoms with Crippen LogP contribution in [-0.2, 0) is 4.74 Å². The van der Waals surface area contributed by atoms with E-state index in [9.17, 15) is 4.79 Å². The Hall–Kier alpha value is -1.85. The molecule has 0 aliphatic carbocycles. The van der Waals surface area contributed by atoms with E-state index in [0.29, 0.717) is 24.3 Å². The maximum atomic E-state index is 12.0. The quantitative estimate of drug-likeness (QED) is 0.924. The Morgan fingerprint density at radius 1 is 1.36 bits per heavy atom. The molecule has 6 heteroatoms. The Morgan fingerprint density at radius 2 is 2.05 bits per heavy atom. The molecule has 122 valence electrons. The first kappa shape index (κ1) is 16.5. The number of hydrogen-bond donors (Lipinski definition) is 1. The molecule has 0 spiro atoms. The van der Waals surface area contributed by atoms with Gasteiger partial charge in [-0.2, -0.15) is 4.98 Å². The zero-order valence-electron chi connectivity index (χ0n) is 14.3. The summed E-state index contributed by atoms with van der Waals surface area (Å²) >= 11 is 0. The van der Waals surface area contributed by atoms with Crippen LogP contribution in [0.25, 0.3) is 0 Å². The Morgan fingerprint density at radius 3 is 2.64 bits per heavy atom. The van der Waals surface area contributed by atoms with Crippen molar-refractivity contribution >= 4 is 17.9 Å². The van der Waals surface area contributed by atoms with Crippen molar-refractivity contribution in [1.82, 2.24) is 9.97 Å². The third-order valence-corrected chi connectivity index (χ3v) is 4.21. The number of hydrogen-bond acceptors (Lipinski definition) is 5. The molecule has 1 saturated heterocycles. The summed E-state index contributed by atoms with van der Waals surface area (Å²) in [5, 5.41) is 3.30. The van der Waals surface area contributed by atoms with Gasteiger partial charge >= 0.3 is 6.09 Å². The number of rotatable bonds is 4. The van der Waals surface area contributed by atoms with Crippen molar-refractivity contribution in [1.29, 1.82) is 0 Å². The largest absolute Gasteiger partial charge is 0.447 e. The van der Waals surface area contributed by atoms with E-state index in [1.54, 1.807) is 17.2 Å². The van der Waals surface area contributed by atoms with Crippen molar-refractivity contribution in [2.45, 2.75) is 53.6 Å². The maximum absolute atomic E-state index is 12.0. The van der Waals surface area contributed by atoms with E-state index in [4.69, 9.17) is 4.74 Å². The lowest BCUT2D eigenvalue weighted by atomic mass is 9.88. The van der Waals surface area contributed by atoms with E-state index < -0.39 is 0 Å². The number of carbonyl (C=O) groups is 1. The predicted octanol–water partition coefficient (Wildman–Crippen LogP) is 3.30. The van der Waals surface area contributed by atoms with E-state index in [1.807, 2.05) is 0 Å². The predicted molar refractivity (Wildman–Crippen MR) is 87.0 cm³/mol. The minimum atomic E-state index is -0.341. The van der Waals surface area contributed by atoms with Gasteiger partial charge in [0.05, 0.1) is 6.04 Å². The Balaban J connectivity index is 2.22. The molecule has 0 bridgehead atoms. The van der Waals surface area contributed by atoms with Gasteiger partial charge < -0.3 is 10.1 Å². The lowest BCUT2D eigenvalue weighted by Crippen LogP contribution is -2.38. The average Bonchev–Trinajstić information content (AvgIpc) is 2.80. The van der Waals surface area contributed by atoms with E-state index >= 15 is 0 Å². The molecule has 1 aliphatic heterocycles. The summed E-state index contributed by atoms with van der Waals surface area (Å²) in [7, 11) is 0. The van der Waals surface area contributed by atoms with Gasteiger partial charge in [0.1, 0.15) is 12.4 Å². The molecule has 1 fully saturated rings. The number of nitrogens with one attached hydrogen (secondary N) is 1. The second-order valence-electron chi connectivity index (χ2n) is 7.23. The first-order valence-corrected chi connectivity index (χ1v) is 7.75. The van der Waals surface area contributed by atoms with Gasteiger partial charge in [-0.25, -0.2) is 9.78 Å². The first-order chi connectivity index (χ1) is 10.2. The van der Waals surface area contributed by atoms with Crippen LogP contribution in [0.3, 0.4) is 0 Å². The Kier molecular flexibility index (Phi) is 4.58. The molecule has 6 nitrogen and oxygen atoms in total. The SMILES string of the molecule is CC(C)[C@H]1COC(=O)N1c1ccnc(N[C@@H](C)C(C)(C)C)n1. The number of anilines is 2. The molecule has 1 N–H and O–H groups in total. The summed E-state index contributed by atoms with van der Waals surface area (Å²) in [6.07, 6.45) is 1.33. The molecular weight excluding hydrogens is 280 g/mol. The molecule has 2 atom stereocenters. The Bertz CT molecular complexity index is 539. The van der Waals surface area contributed by atoms with E-state index in [-0.39, 0.29) is 23.6 Å². The third kappa shape index (κ3) is 3.48. The monoisotopic (exact) mass is 306 g/mol. The van der Waals surface area contributed by atoms with Gasteiger partial charge in [-0.15, -0.1) is 0 Å². The Labute approximate surface area is 132 Å². The van der Waals surface area contributed by atoms with E-state index in [0.717, 1.165) is 0 Å². The topological polar surface area (TPSA) is 67.3 Å². The molecule has 1 aromatic heterocycles. The number of aromatic nitrogens is 2. The minimum Gasteiger partial charge on any atom is -0.447 e. The number of cyclic esters (lactones) is 1. The van der Waals surface area contributed by atoms with Crippen LogP contribution in [0.5, 0.6) is 0 Å². The molecule has 22 heavy (non-hydrogen) atoms. The molecule has 0 unspecified atom stereocenters. The molecule has 0 saturated carbocycles. The van der Waals surface area contributed by atoms with Crippen LogP contribution in [0.15, 0.2) is 12.3 Å². The van der Waals surface area contributed by atoms with Gasteiger partial charge in [0.25, 0.3) is 0 Å². The van der Waals surface area contributed by atoms with Gasteiger partial charge in [-0.1, -0.05) is 34.6 Å². The van der Waals surface area contributed by atoms with Crippen molar-refractivity contribution in [3.63, 3.8) is 0 Å². The highest BCUT2D eigenvalue weighted by Gasteiger charge is 2.37. The fourth-order valence-electron chi connectivity index (χ4n) is 2.15. The lowest BCUT2D eigenvalue weighted by Gasteiger charge is -2.28. The second-order valence-corrected chi connectivity index (χ2v) is 7.23. The van der Waals surface area contributed by atoms with Crippen molar-refractivity contribution in [2.75, 3.05) is 16.8 Å². The van der Waals surface area contributed by atoms with Gasteiger partial charge in [0.2, 0.25) is 5.95 Å². The minimum absolute atomic E-state index is 0.00953. The van der Waals surface area contributed by atoms with Crippen LogP contribution in [-0.4, -0.2) is 34.8 Å². The van der Waals surface area contributed by atoms with Crippen LogP contribution in [0, 0.1) is 11.3 Å². The van der Waals surface area contributed by atoms with Crippen LogP contribution in [0.2, 0.25) is 0 Å². The standard InChI is InChI=1S/C16H26N4O2/c1-10(2)12-9-22-15(21)20(12)13-7-8-17-14(19-13)18-11(3)16(4,5)6/h7-8,10-12H,9H2,1-6H3,(H,17,18,19)/t11-,12+/m0/s1. The molecule has 2 rings (SSSR count). The summed E-state index contributed by atoms with van der Waals surface area (Å²) < 4.78 is 5.18. The number of carbonyl (C=O) groups excluding carboxylic acids is 1. The van der Waals surface area contributed by atoms with Gasteiger partial charge in [-0.3, -0.25) is 4.90 Å². The van der Waals surface area contributed by atoms with Crippen molar-refractivity contribution < 1.29 is 9.53 Å². The highest BCUT2D eigenvalue weighted by molar-refractivity contribution is 5.89. The molecular formula is C16H26N4O2. The number of nitrogens with zero attached hydrogens (tertiary/aromatic N) is 3. The van der Waals surface area contributed by atoms with Crippen LogP contribution >= 0.6 is 0 Å². The summed E-state index contributed by atoms with van der Waals surface area (Å²) in [6, 6.07) is 1.96. The van der Waals surface area contributed by atoms with Crippen molar-refractivity contribution in [3.05, 3.63) is 12.3 Å². The highest BCUT2D eigenvalue weighted by Crippen LogP contribution is 2.27. The molecule has 1 aromatic rings. The van der Waals surface area contributed by atoms with Crippen molar-refractivity contribution in [2.24, 2.45) is 11.3 Å². The van der Waals surface area contributed by atoms with E-state index in [2.05, 4.69) is 56.8 Å². The molecule has 1 aliphatic rings. The molecule has 1 amide bonds. The average molecular weight is 306 g/mol. The second kappa shape index (κ2) is 6.10. The zero-order chi connectivity index (χ0) is 16.5. The summed E-state index contributed by atoms with van der Waals surface area (Å²) in [6.45, 7) is 13.1. The fraction of sp³-hybridized carbons (Fsp3) is 0.688. The first-order valence-electron chi connectivity index (χ1n) is 7.75. The summed E-state index contributed by atoms with van der Waals surface area (Å²) in [4.78, 5) is 22.4. The number of amides is 1. The lowest BCUT2D eigenvalue weighted by molar-refractivity contribution is 0.177. The van der Waals surface area contributed by atoms with Gasteiger partial charge in [-0.05, 0) is 24.3 Å². The third-order valence-electron chi connectivity index (χ3n) is 4.21. The fourth-order valence-corrected chi connectivity index (χ4v) is 2.15. The van der Waals surface area contributed by atoms with Crippen LogP contribution in [0.1, 0.15) is 41.5 Å². The molecule has 0 radical (unpaired) electrons. The normalized spacial score (nSPS) is 20.2. The van der Waals surface area contributed by atoms with Crippen LogP contribution in [0.4, 0.5) is 16.6 Å². The summed E-state index contributed by atoms with van der Waals surface area (Å²) in [5.41, 5.74) is 0.0897. The van der Waals surface area contributed by atoms with Gasteiger partial charge in [0.15, 0.2) is 0 Å². The number of ether oxygens (including phenoxy) is 1.